The SMILES string of the molecule is C#CCSCCNC(=O)NC(CC(N)=O)C(=O)O. The number of urea groups is 1. The molecular weight excluding hydrogens is 258 g/mol. The minimum absolute atomic E-state index is 0.348. The summed E-state index contributed by atoms with van der Waals surface area (Å²) >= 11 is 1.46. The molecule has 0 aliphatic heterocycles. The lowest BCUT2D eigenvalue weighted by Crippen LogP contribution is -2.48. The smallest absolute Gasteiger partial charge is 0.326 e. The Morgan fingerprint density at radius 2 is 2.11 bits per heavy atom. The predicted octanol–water partition coefficient (Wildman–Crippen LogP) is -1.02. The van der Waals surface area contributed by atoms with Gasteiger partial charge in [0.2, 0.25) is 5.91 Å². The van der Waals surface area contributed by atoms with Crippen LogP contribution >= 0.6 is 11.8 Å². The van der Waals surface area contributed by atoms with Gasteiger partial charge in [-0.15, -0.1) is 18.2 Å². The van der Waals surface area contributed by atoms with Crippen molar-refractivity contribution >= 4 is 29.7 Å². The molecule has 0 spiro atoms. The first-order valence-electron chi connectivity index (χ1n) is 5.04. The van der Waals surface area contributed by atoms with Crippen LogP contribution in [-0.4, -0.2) is 47.1 Å². The van der Waals surface area contributed by atoms with E-state index in [2.05, 4.69) is 16.6 Å². The molecule has 18 heavy (non-hydrogen) atoms. The second-order valence-electron chi connectivity index (χ2n) is 3.22. The van der Waals surface area contributed by atoms with Gasteiger partial charge in [-0.1, -0.05) is 5.92 Å². The summed E-state index contributed by atoms with van der Waals surface area (Å²) in [6.07, 6.45) is 4.59. The summed E-state index contributed by atoms with van der Waals surface area (Å²) in [4.78, 5) is 32.6. The van der Waals surface area contributed by atoms with Gasteiger partial charge in [0, 0.05) is 12.3 Å². The summed E-state index contributed by atoms with van der Waals surface area (Å²) in [7, 11) is 0. The molecule has 0 aliphatic rings. The van der Waals surface area contributed by atoms with Crippen LogP contribution in [0.5, 0.6) is 0 Å². The summed E-state index contributed by atoms with van der Waals surface area (Å²) in [6.45, 7) is 0.348. The molecule has 0 aromatic carbocycles. The average Bonchev–Trinajstić information content (AvgIpc) is 2.27. The van der Waals surface area contributed by atoms with Crippen LogP contribution in [0.1, 0.15) is 6.42 Å². The molecular formula is C10H15N3O4S. The monoisotopic (exact) mass is 273 g/mol. The highest BCUT2D eigenvalue weighted by Gasteiger charge is 2.21. The molecule has 100 valence electrons. The maximum absolute atomic E-state index is 11.3. The number of carboxylic acid groups (broad SMARTS) is 1. The number of hydrogen-bond acceptors (Lipinski definition) is 4. The first-order chi connectivity index (χ1) is 8.47. The van der Waals surface area contributed by atoms with Crippen LogP contribution < -0.4 is 16.4 Å². The van der Waals surface area contributed by atoms with Crippen LogP contribution in [0.15, 0.2) is 0 Å². The summed E-state index contributed by atoms with van der Waals surface area (Å²) in [6, 6.07) is -1.98. The summed E-state index contributed by atoms with van der Waals surface area (Å²) < 4.78 is 0. The predicted molar refractivity (Wildman–Crippen MR) is 67.9 cm³/mol. The van der Waals surface area contributed by atoms with Gasteiger partial charge in [-0.05, 0) is 0 Å². The Kier molecular flexibility index (Phi) is 8.22. The Balaban J connectivity index is 3.92. The van der Waals surface area contributed by atoms with Crippen LogP contribution in [-0.2, 0) is 9.59 Å². The van der Waals surface area contributed by atoms with E-state index in [4.69, 9.17) is 17.3 Å². The third-order valence-corrected chi connectivity index (χ3v) is 2.59. The lowest BCUT2D eigenvalue weighted by Gasteiger charge is -2.13. The number of thioether (sulfide) groups is 1. The zero-order valence-corrected chi connectivity index (χ0v) is 10.5. The van der Waals surface area contributed by atoms with Gasteiger partial charge in [-0.25, -0.2) is 9.59 Å². The molecule has 0 aliphatic carbocycles. The van der Waals surface area contributed by atoms with Crippen LogP contribution in [0.2, 0.25) is 0 Å². The van der Waals surface area contributed by atoms with Crippen molar-refractivity contribution in [2.24, 2.45) is 5.73 Å². The molecule has 5 N–H and O–H groups in total. The van der Waals surface area contributed by atoms with E-state index in [0.29, 0.717) is 18.1 Å². The number of hydrogen-bond donors (Lipinski definition) is 4. The number of primary amides is 1. The van der Waals surface area contributed by atoms with Crippen molar-refractivity contribution in [3.63, 3.8) is 0 Å². The number of terminal acetylenes is 1. The van der Waals surface area contributed by atoms with Gasteiger partial charge in [0.25, 0.3) is 0 Å². The lowest BCUT2D eigenvalue weighted by molar-refractivity contribution is -0.140. The molecule has 0 rings (SSSR count). The number of rotatable bonds is 8. The van der Waals surface area contributed by atoms with Crippen LogP contribution in [0, 0.1) is 12.3 Å². The Bertz CT molecular complexity index is 354. The second kappa shape index (κ2) is 9.18. The van der Waals surface area contributed by atoms with Gasteiger partial charge in [-0.2, -0.15) is 0 Å². The molecule has 0 aromatic rings. The summed E-state index contributed by atoms with van der Waals surface area (Å²) in [5, 5.41) is 13.3. The third kappa shape index (κ3) is 8.29. The molecule has 0 saturated carbocycles. The normalized spacial score (nSPS) is 11.1. The van der Waals surface area contributed by atoms with E-state index in [-0.39, 0.29) is 0 Å². The van der Waals surface area contributed by atoms with Crippen LogP contribution in [0.4, 0.5) is 4.79 Å². The molecule has 3 amide bonds. The third-order valence-electron chi connectivity index (χ3n) is 1.73. The lowest BCUT2D eigenvalue weighted by atomic mass is 10.2. The number of aliphatic carboxylic acids is 1. The standard InChI is InChI=1S/C10H15N3O4S/c1-2-4-18-5-3-12-10(17)13-7(9(15)16)6-8(11)14/h1,7H,3-6H2,(H2,11,14)(H,15,16)(H2,12,13,17). The number of nitrogens with one attached hydrogen (secondary N) is 2. The molecule has 7 nitrogen and oxygen atoms in total. The fraction of sp³-hybridized carbons (Fsp3) is 0.500. The van der Waals surface area contributed by atoms with E-state index in [1.165, 1.54) is 11.8 Å². The van der Waals surface area contributed by atoms with Gasteiger partial charge in [0.15, 0.2) is 0 Å². The van der Waals surface area contributed by atoms with Gasteiger partial charge in [-0.3, -0.25) is 4.79 Å². The van der Waals surface area contributed by atoms with Crippen LogP contribution in [0.3, 0.4) is 0 Å². The Labute approximate surface area is 109 Å². The molecule has 0 aromatic heterocycles. The van der Waals surface area contributed by atoms with Crippen molar-refractivity contribution in [2.75, 3.05) is 18.1 Å². The van der Waals surface area contributed by atoms with Crippen molar-refractivity contribution in [3.05, 3.63) is 0 Å². The molecule has 0 radical (unpaired) electrons. The van der Waals surface area contributed by atoms with E-state index in [9.17, 15) is 14.4 Å². The second-order valence-corrected chi connectivity index (χ2v) is 4.32. The molecule has 1 unspecified atom stereocenters. The quantitative estimate of drug-likeness (QED) is 0.333. The maximum atomic E-state index is 11.3. The van der Waals surface area contributed by atoms with Gasteiger partial charge < -0.3 is 21.5 Å². The van der Waals surface area contributed by atoms with Crippen LogP contribution in [0.25, 0.3) is 0 Å². The van der Waals surface area contributed by atoms with E-state index in [1.807, 2.05) is 0 Å². The fourth-order valence-electron chi connectivity index (χ4n) is 0.978. The number of nitrogens with two attached hydrogens (primary N) is 1. The summed E-state index contributed by atoms with van der Waals surface area (Å²) in [5.41, 5.74) is 4.87. The van der Waals surface area contributed by atoms with E-state index in [0.717, 1.165) is 0 Å². The number of amides is 3. The summed E-state index contributed by atoms with van der Waals surface area (Å²) in [5.74, 6) is 1.48. The van der Waals surface area contributed by atoms with Crippen molar-refractivity contribution in [2.45, 2.75) is 12.5 Å². The van der Waals surface area contributed by atoms with Gasteiger partial charge >= 0.3 is 12.0 Å². The average molecular weight is 273 g/mol. The van der Waals surface area contributed by atoms with Crippen molar-refractivity contribution in [1.82, 2.24) is 10.6 Å². The van der Waals surface area contributed by atoms with E-state index >= 15 is 0 Å². The largest absolute Gasteiger partial charge is 0.480 e. The molecule has 0 fully saturated rings. The molecule has 0 heterocycles. The van der Waals surface area contributed by atoms with E-state index < -0.39 is 30.4 Å². The molecule has 0 saturated heterocycles. The van der Waals surface area contributed by atoms with E-state index in [1.54, 1.807) is 0 Å². The van der Waals surface area contributed by atoms with Crippen molar-refractivity contribution < 1.29 is 19.5 Å². The zero-order chi connectivity index (χ0) is 14.0. The van der Waals surface area contributed by atoms with Crippen molar-refractivity contribution in [3.8, 4) is 12.3 Å². The minimum Gasteiger partial charge on any atom is -0.480 e. The highest BCUT2D eigenvalue weighted by atomic mass is 32.2. The van der Waals surface area contributed by atoms with Crippen molar-refractivity contribution in [1.29, 1.82) is 0 Å². The maximum Gasteiger partial charge on any atom is 0.326 e. The molecule has 8 heteroatoms. The highest BCUT2D eigenvalue weighted by Crippen LogP contribution is 1.95. The molecule has 1 atom stereocenters. The minimum atomic E-state index is -1.32. The zero-order valence-electron chi connectivity index (χ0n) is 9.64. The topological polar surface area (TPSA) is 122 Å². The highest BCUT2D eigenvalue weighted by molar-refractivity contribution is 7.99. The number of carboxylic acids is 1. The number of carbonyl (C=O) groups is 3. The molecule has 0 bridgehead atoms. The Morgan fingerprint density at radius 1 is 1.44 bits per heavy atom. The van der Waals surface area contributed by atoms with Gasteiger partial charge in [0.05, 0.1) is 12.2 Å². The Hall–Kier alpha value is -1.88. The van der Waals surface area contributed by atoms with Gasteiger partial charge in [0.1, 0.15) is 6.04 Å². The first-order valence-corrected chi connectivity index (χ1v) is 6.19. The first kappa shape index (κ1) is 16.1. The fourth-order valence-corrected chi connectivity index (χ4v) is 1.49. The number of carbonyl (C=O) groups excluding carboxylic acids is 2. The Morgan fingerprint density at radius 3 is 2.61 bits per heavy atom.